The molecule has 0 aliphatic carbocycles. The monoisotopic (exact) mass is 328 g/mol. The zero-order chi connectivity index (χ0) is 15.6. The van der Waals surface area contributed by atoms with Crippen molar-refractivity contribution in [3.05, 3.63) is 63.1 Å². The van der Waals surface area contributed by atoms with Gasteiger partial charge in [0.25, 0.3) is 0 Å². The summed E-state index contributed by atoms with van der Waals surface area (Å²) in [5, 5.41) is 0.481. The highest BCUT2D eigenvalue weighted by atomic mass is 35.5. The van der Waals surface area contributed by atoms with Gasteiger partial charge in [-0.25, -0.2) is 12.8 Å². The van der Waals surface area contributed by atoms with Crippen molar-refractivity contribution in [3.63, 3.8) is 0 Å². The largest absolute Gasteiger partial charge is 0.572 e. The summed E-state index contributed by atoms with van der Waals surface area (Å²) in [4.78, 5) is -0.446. The Morgan fingerprint density at radius 2 is 1.95 bits per heavy atom. The maximum absolute atomic E-state index is 13.8. The fraction of sp³-hybridized carbons (Fsp3) is 0.143. The first-order chi connectivity index (χ1) is 9.83. The normalized spacial score (nSPS) is 11.4. The second-order valence-corrected chi connectivity index (χ2v) is 6.52. The lowest BCUT2D eigenvalue weighted by Gasteiger charge is -2.24. The SMILES string of the molecule is Cc1cc(Cl)ccc1[N-]S(=O)(=O)c1cc(C[NH3+])ccc1F. The molecule has 0 aliphatic heterocycles. The van der Waals surface area contributed by atoms with E-state index in [1.165, 1.54) is 24.3 Å². The summed E-state index contributed by atoms with van der Waals surface area (Å²) < 4.78 is 42.0. The van der Waals surface area contributed by atoms with Gasteiger partial charge in [0.1, 0.15) is 15.8 Å². The molecule has 0 saturated heterocycles. The molecule has 21 heavy (non-hydrogen) atoms. The van der Waals surface area contributed by atoms with E-state index in [2.05, 4.69) is 10.5 Å². The van der Waals surface area contributed by atoms with Crippen LogP contribution in [0.5, 0.6) is 0 Å². The van der Waals surface area contributed by atoms with Crippen molar-refractivity contribution in [2.24, 2.45) is 0 Å². The average Bonchev–Trinajstić information content (AvgIpc) is 2.42. The van der Waals surface area contributed by atoms with Crippen molar-refractivity contribution in [2.75, 3.05) is 0 Å². The fourth-order valence-electron chi connectivity index (χ4n) is 1.80. The van der Waals surface area contributed by atoms with Gasteiger partial charge >= 0.3 is 0 Å². The molecule has 0 atom stereocenters. The first-order valence-electron chi connectivity index (χ1n) is 6.15. The average molecular weight is 329 g/mol. The van der Waals surface area contributed by atoms with Crippen LogP contribution in [0.2, 0.25) is 5.02 Å². The molecular formula is C14H14ClFN2O2S. The maximum atomic E-state index is 13.8. The molecule has 0 spiro atoms. The molecule has 2 aromatic rings. The highest BCUT2D eigenvalue weighted by molar-refractivity contribution is 7.94. The van der Waals surface area contributed by atoms with Gasteiger partial charge in [0, 0.05) is 10.6 Å². The molecule has 2 aromatic carbocycles. The van der Waals surface area contributed by atoms with Gasteiger partial charge in [-0.1, -0.05) is 29.3 Å². The molecule has 2 rings (SSSR count). The van der Waals surface area contributed by atoms with Crippen LogP contribution in [0.25, 0.3) is 4.72 Å². The van der Waals surface area contributed by atoms with E-state index in [0.29, 0.717) is 22.7 Å². The van der Waals surface area contributed by atoms with Gasteiger partial charge in [-0.05, 0) is 31.2 Å². The Balaban J connectivity index is 2.43. The second kappa shape index (κ2) is 6.01. The first-order valence-corrected chi connectivity index (χ1v) is 7.97. The number of halogens is 2. The van der Waals surface area contributed by atoms with Gasteiger partial charge in [-0.15, -0.1) is 5.69 Å². The van der Waals surface area contributed by atoms with Crippen LogP contribution in [-0.4, -0.2) is 8.42 Å². The third kappa shape index (κ3) is 3.53. The molecule has 0 saturated carbocycles. The van der Waals surface area contributed by atoms with E-state index in [0.717, 1.165) is 6.07 Å². The van der Waals surface area contributed by atoms with Crippen molar-refractivity contribution in [1.82, 2.24) is 0 Å². The summed E-state index contributed by atoms with van der Waals surface area (Å²) in [5.74, 6) is -0.831. The lowest BCUT2D eigenvalue weighted by Crippen LogP contribution is -2.47. The van der Waals surface area contributed by atoms with Crippen LogP contribution >= 0.6 is 11.6 Å². The van der Waals surface area contributed by atoms with Crippen molar-refractivity contribution in [3.8, 4) is 0 Å². The third-order valence-corrected chi connectivity index (χ3v) is 4.48. The molecule has 0 aliphatic rings. The molecule has 0 radical (unpaired) electrons. The standard InChI is InChI=1S/C14H13ClFN2O2S/c1-9-6-11(15)3-5-13(9)18-21(19,20)14-7-10(8-17)2-4-12(14)16/h2-7H,8,17H2,1H3/q-1/p+1. The van der Waals surface area contributed by atoms with Gasteiger partial charge in [-0.3, -0.25) is 0 Å². The summed E-state index contributed by atoms with van der Waals surface area (Å²) in [6, 6.07) is 8.47. The van der Waals surface area contributed by atoms with Gasteiger partial charge in [0.2, 0.25) is 0 Å². The van der Waals surface area contributed by atoms with Crippen LogP contribution in [-0.2, 0) is 16.6 Å². The summed E-state index contributed by atoms with van der Waals surface area (Å²) >= 11 is 5.81. The molecule has 0 bridgehead atoms. The smallest absolute Gasteiger partial charge is 0.140 e. The van der Waals surface area contributed by atoms with E-state index >= 15 is 0 Å². The Labute approximate surface area is 127 Å². The number of quaternary nitrogens is 1. The van der Waals surface area contributed by atoms with E-state index in [-0.39, 0.29) is 5.69 Å². The van der Waals surface area contributed by atoms with Gasteiger partial charge in [-0.2, -0.15) is 0 Å². The lowest BCUT2D eigenvalue weighted by molar-refractivity contribution is -0.386. The molecule has 112 valence electrons. The number of hydrogen-bond acceptors (Lipinski definition) is 2. The van der Waals surface area contributed by atoms with Crippen molar-refractivity contribution >= 4 is 27.3 Å². The highest BCUT2D eigenvalue weighted by Crippen LogP contribution is 2.33. The van der Waals surface area contributed by atoms with E-state index in [1.807, 2.05) is 0 Å². The molecule has 0 aromatic heterocycles. The zero-order valence-corrected chi connectivity index (χ0v) is 12.9. The second-order valence-electron chi connectivity index (χ2n) is 4.51. The summed E-state index contributed by atoms with van der Waals surface area (Å²) in [6.07, 6.45) is 0. The van der Waals surface area contributed by atoms with Crippen LogP contribution in [0.3, 0.4) is 0 Å². The Bertz CT molecular complexity index is 779. The Morgan fingerprint density at radius 3 is 2.57 bits per heavy atom. The van der Waals surface area contributed by atoms with Gasteiger partial charge < -0.3 is 10.5 Å². The quantitative estimate of drug-likeness (QED) is 0.936. The van der Waals surface area contributed by atoms with Crippen LogP contribution in [0.15, 0.2) is 41.3 Å². The summed E-state index contributed by atoms with van der Waals surface area (Å²) in [7, 11) is -4.13. The molecule has 0 fully saturated rings. The van der Waals surface area contributed by atoms with E-state index in [9.17, 15) is 12.8 Å². The molecule has 0 amide bonds. The van der Waals surface area contributed by atoms with Crippen molar-refractivity contribution in [2.45, 2.75) is 18.4 Å². The summed E-state index contributed by atoms with van der Waals surface area (Å²) in [5.41, 5.74) is 5.11. The molecule has 4 nitrogen and oxygen atoms in total. The van der Waals surface area contributed by atoms with Crippen LogP contribution < -0.4 is 5.73 Å². The fourth-order valence-corrected chi connectivity index (χ4v) is 3.20. The molecule has 0 unspecified atom stereocenters. The zero-order valence-electron chi connectivity index (χ0n) is 11.3. The molecule has 0 heterocycles. The number of benzene rings is 2. The van der Waals surface area contributed by atoms with Crippen molar-refractivity contribution < 1.29 is 18.5 Å². The third-order valence-electron chi connectivity index (χ3n) is 2.94. The van der Waals surface area contributed by atoms with Gasteiger partial charge in [0.15, 0.2) is 0 Å². The molecule has 3 N–H and O–H groups in total. The topological polar surface area (TPSA) is 75.9 Å². The molecule has 7 heteroatoms. The Kier molecular flexibility index (Phi) is 4.51. The predicted molar refractivity (Wildman–Crippen MR) is 79.4 cm³/mol. The number of hydrogen-bond donors (Lipinski definition) is 1. The minimum Gasteiger partial charge on any atom is -0.572 e. The Morgan fingerprint density at radius 1 is 1.24 bits per heavy atom. The first kappa shape index (κ1) is 15.8. The van der Waals surface area contributed by atoms with Crippen LogP contribution in [0.1, 0.15) is 11.1 Å². The minimum atomic E-state index is -4.13. The van der Waals surface area contributed by atoms with Crippen LogP contribution in [0, 0.1) is 12.7 Å². The lowest BCUT2D eigenvalue weighted by atomic mass is 10.2. The van der Waals surface area contributed by atoms with Crippen LogP contribution in [0.4, 0.5) is 10.1 Å². The van der Waals surface area contributed by atoms with E-state index in [4.69, 9.17) is 11.6 Å². The van der Waals surface area contributed by atoms with E-state index in [1.54, 1.807) is 13.0 Å². The molecular weight excluding hydrogens is 315 g/mol. The number of nitrogens with zero attached hydrogens (tertiary/aromatic N) is 1. The highest BCUT2D eigenvalue weighted by Gasteiger charge is 2.13. The van der Waals surface area contributed by atoms with Crippen molar-refractivity contribution in [1.29, 1.82) is 0 Å². The summed E-state index contributed by atoms with van der Waals surface area (Å²) in [6.45, 7) is 2.05. The number of aryl methyl sites for hydroxylation is 1. The minimum absolute atomic E-state index is 0.235. The number of sulfonamides is 1. The maximum Gasteiger partial charge on any atom is 0.140 e. The number of rotatable bonds is 4. The predicted octanol–water partition coefficient (Wildman–Crippen LogP) is 2.92. The van der Waals surface area contributed by atoms with E-state index < -0.39 is 20.7 Å². The Hall–Kier alpha value is -1.63. The van der Waals surface area contributed by atoms with Gasteiger partial charge in [0.05, 0.1) is 11.4 Å².